The van der Waals surface area contributed by atoms with E-state index in [-0.39, 0.29) is 18.1 Å². The van der Waals surface area contributed by atoms with Crippen LogP contribution in [0.15, 0.2) is 30.3 Å². The Morgan fingerprint density at radius 3 is 2.55 bits per heavy atom. The normalized spacial score (nSPS) is 26.6. The maximum absolute atomic E-state index is 12.4. The van der Waals surface area contributed by atoms with Gasteiger partial charge in [-0.05, 0) is 31.2 Å². The molecule has 0 aromatic heterocycles. The number of hydrogen-bond acceptors (Lipinski definition) is 3. The van der Waals surface area contributed by atoms with E-state index in [2.05, 4.69) is 12.1 Å². The highest BCUT2D eigenvalue weighted by Crippen LogP contribution is 2.26. The molecule has 0 aliphatic carbocycles. The Hall–Kier alpha value is -1.39. The fraction of sp³-hybridized carbons (Fsp3) is 0.562. The van der Waals surface area contributed by atoms with Crippen LogP contribution in [0.3, 0.4) is 0 Å². The minimum Gasteiger partial charge on any atom is -0.371 e. The molecule has 2 fully saturated rings. The summed E-state index contributed by atoms with van der Waals surface area (Å²) in [5, 5.41) is 0. The van der Waals surface area contributed by atoms with Crippen molar-refractivity contribution in [3.63, 3.8) is 0 Å². The van der Waals surface area contributed by atoms with Crippen molar-refractivity contribution in [3.05, 3.63) is 35.9 Å². The highest BCUT2D eigenvalue weighted by atomic mass is 16.5. The van der Waals surface area contributed by atoms with Crippen LogP contribution in [0.1, 0.15) is 24.8 Å². The molecule has 1 aromatic carbocycles. The highest BCUT2D eigenvalue weighted by Gasteiger charge is 2.36. The van der Waals surface area contributed by atoms with Crippen LogP contribution in [0.4, 0.5) is 0 Å². The Bertz CT molecular complexity index is 451. The van der Waals surface area contributed by atoms with Crippen LogP contribution in [0.5, 0.6) is 0 Å². The molecule has 1 amide bonds. The summed E-state index contributed by atoms with van der Waals surface area (Å²) in [6.45, 7) is 1.43. The van der Waals surface area contributed by atoms with E-state index in [1.54, 1.807) is 0 Å². The van der Waals surface area contributed by atoms with Gasteiger partial charge in [0.2, 0.25) is 5.91 Å². The second-order valence-electron chi connectivity index (χ2n) is 5.83. The van der Waals surface area contributed by atoms with Crippen molar-refractivity contribution < 1.29 is 9.53 Å². The van der Waals surface area contributed by atoms with Gasteiger partial charge in [-0.15, -0.1) is 0 Å². The molecule has 2 aliphatic rings. The molecule has 0 spiro atoms. The van der Waals surface area contributed by atoms with Gasteiger partial charge in [0.25, 0.3) is 0 Å². The van der Waals surface area contributed by atoms with E-state index < -0.39 is 6.04 Å². The molecule has 2 N–H and O–H groups in total. The molecule has 20 heavy (non-hydrogen) atoms. The number of fused-ring (bicyclic) bond motifs is 2. The lowest BCUT2D eigenvalue weighted by Crippen LogP contribution is -2.51. The van der Waals surface area contributed by atoms with Crippen LogP contribution in [-0.4, -0.2) is 42.1 Å². The van der Waals surface area contributed by atoms with Crippen LogP contribution < -0.4 is 5.73 Å². The number of likely N-dealkylation sites (tertiary alicyclic amines) is 1. The molecular formula is C16H22N2O2. The molecule has 3 atom stereocenters. The smallest absolute Gasteiger partial charge is 0.239 e. The number of nitrogens with two attached hydrogens (primary N) is 1. The third-order valence-corrected chi connectivity index (χ3v) is 4.26. The van der Waals surface area contributed by atoms with E-state index in [4.69, 9.17) is 10.5 Å². The van der Waals surface area contributed by atoms with Gasteiger partial charge in [-0.25, -0.2) is 0 Å². The minimum absolute atomic E-state index is 0.0844. The lowest BCUT2D eigenvalue weighted by atomic mass is 10.0. The molecule has 2 heterocycles. The molecule has 3 rings (SSSR count). The summed E-state index contributed by atoms with van der Waals surface area (Å²) in [6.07, 6.45) is 4.18. The molecule has 0 radical (unpaired) electrons. The molecule has 0 saturated carbocycles. The lowest BCUT2D eigenvalue weighted by Gasteiger charge is -2.33. The molecule has 2 bridgehead atoms. The Morgan fingerprint density at radius 1 is 1.25 bits per heavy atom. The molecule has 108 valence electrons. The second kappa shape index (κ2) is 5.94. The van der Waals surface area contributed by atoms with Gasteiger partial charge in [0.05, 0.1) is 18.2 Å². The zero-order valence-electron chi connectivity index (χ0n) is 11.7. The summed E-state index contributed by atoms with van der Waals surface area (Å²) in [4.78, 5) is 14.3. The third kappa shape index (κ3) is 3.02. The predicted molar refractivity (Wildman–Crippen MR) is 77.2 cm³/mol. The van der Waals surface area contributed by atoms with E-state index in [0.717, 1.165) is 19.3 Å². The molecule has 4 nitrogen and oxygen atoms in total. The average molecular weight is 274 g/mol. The molecule has 4 heteroatoms. The molecule has 3 unspecified atom stereocenters. The van der Waals surface area contributed by atoms with Crippen molar-refractivity contribution in [2.75, 3.05) is 13.1 Å². The zero-order chi connectivity index (χ0) is 13.9. The van der Waals surface area contributed by atoms with Gasteiger partial charge in [-0.1, -0.05) is 30.3 Å². The monoisotopic (exact) mass is 274 g/mol. The van der Waals surface area contributed by atoms with Crippen molar-refractivity contribution in [1.29, 1.82) is 0 Å². The van der Waals surface area contributed by atoms with Gasteiger partial charge in [-0.3, -0.25) is 4.79 Å². The molecule has 1 aromatic rings. The van der Waals surface area contributed by atoms with Crippen molar-refractivity contribution in [2.24, 2.45) is 5.73 Å². The van der Waals surface area contributed by atoms with E-state index in [9.17, 15) is 4.79 Å². The SMILES string of the molecule is NC(CCc1ccccc1)C(=O)N1CC2CCC(C1)O2. The largest absolute Gasteiger partial charge is 0.371 e. The number of nitrogens with zero attached hydrogens (tertiary/aromatic N) is 1. The zero-order valence-corrected chi connectivity index (χ0v) is 11.7. The predicted octanol–water partition coefficient (Wildman–Crippen LogP) is 1.34. The van der Waals surface area contributed by atoms with E-state index in [0.29, 0.717) is 19.5 Å². The van der Waals surface area contributed by atoms with Crippen LogP contribution in [0.2, 0.25) is 0 Å². The molecule has 2 saturated heterocycles. The quantitative estimate of drug-likeness (QED) is 0.901. The molecular weight excluding hydrogens is 252 g/mol. The van der Waals surface area contributed by atoms with Crippen molar-refractivity contribution >= 4 is 5.91 Å². The van der Waals surface area contributed by atoms with Gasteiger partial charge in [-0.2, -0.15) is 0 Å². The van der Waals surface area contributed by atoms with Gasteiger partial charge in [0.1, 0.15) is 0 Å². The maximum Gasteiger partial charge on any atom is 0.239 e. The second-order valence-corrected chi connectivity index (χ2v) is 5.83. The van der Waals surface area contributed by atoms with Gasteiger partial charge in [0.15, 0.2) is 0 Å². The van der Waals surface area contributed by atoms with E-state index in [1.807, 2.05) is 23.1 Å². The Kier molecular flexibility index (Phi) is 4.03. The lowest BCUT2D eigenvalue weighted by molar-refractivity contribution is -0.141. The summed E-state index contributed by atoms with van der Waals surface area (Å²) in [7, 11) is 0. The number of aryl methyl sites for hydroxylation is 1. The van der Waals surface area contributed by atoms with Crippen molar-refractivity contribution in [1.82, 2.24) is 4.90 Å². The summed E-state index contributed by atoms with van der Waals surface area (Å²) >= 11 is 0. The summed E-state index contributed by atoms with van der Waals surface area (Å²) in [6, 6.07) is 9.79. The van der Waals surface area contributed by atoms with Gasteiger partial charge >= 0.3 is 0 Å². The average Bonchev–Trinajstić information content (AvgIpc) is 2.83. The first-order chi connectivity index (χ1) is 9.72. The summed E-state index contributed by atoms with van der Waals surface area (Å²) in [5.74, 6) is 0.0844. The van der Waals surface area contributed by atoms with Crippen LogP contribution in [-0.2, 0) is 16.0 Å². The summed E-state index contributed by atoms with van der Waals surface area (Å²) < 4.78 is 5.75. The molecule has 2 aliphatic heterocycles. The van der Waals surface area contributed by atoms with Crippen LogP contribution >= 0.6 is 0 Å². The minimum atomic E-state index is -0.396. The number of morpholine rings is 1. The Labute approximate surface area is 119 Å². The topological polar surface area (TPSA) is 55.6 Å². The number of amides is 1. The Morgan fingerprint density at radius 2 is 1.90 bits per heavy atom. The Balaban J connectivity index is 1.52. The maximum atomic E-state index is 12.4. The van der Waals surface area contributed by atoms with Gasteiger partial charge < -0.3 is 15.4 Å². The number of ether oxygens (including phenoxy) is 1. The third-order valence-electron chi connectivity index (χ3n) is 4.26. The van der Waals surface area contributed by atoms with Crippen LogP contribution in [0.25, 0.3) is 0 Å². The first-order valence-electron chi connectivity index (χ1n) is 7.46. The number of carbonyl (C=O) groups excluding carboxylic acids is 1. The number of carbonyl (C=O) groups is 1. The first kappa shape index (κ1) is 13.6. The fourth-order valence-corrected chi connectivity index (χ4v) is 3.12. The van der Waals surface area contributed by atoms with Crippen LogP contribution in [0, 0.1) is 0 Å². The number of hydrogen-bond donors (Lipinski definition) is 1. The van der Waals surface area contributed by atoms with E-state index >= 15 is 0 Å². The highest BCUT2D eigenvalue weighted by molar-refractivity contribution is 5.81. The number of benzene rings is 1. The van der Waals surface area contributed by atoms with Gasteiger partial charge in [0, 0.05) is 13.1 Å². The van der Waals surface area contributed by atoms with Crippen molar-refractivity contribution in [2.45, 2.75) is 43.9 Å². The standard InChI is InChI=1S/C16H22N2O2/c17-15(9-6-12-4-2-1-3-5-12)16(19)18-10-13-7-8-14(11-18)20-13/h1-5,13-15H,6-11,17H2. The summed E-state index contributed by atoms with van der Waals surface area (Å²) in [5.41, 5.74) is 7.31. The van der Waals surface area contributed by atoms with Crippen molar-refractivity contribution in [3.8, 4) is 0 Å². The first-order valence-corrected chi connectivity index (χ1v) is 7.46. The fourth-order valence-electron chi connectivity index (χ4n) is 3.12. The number of rotatable bonds is 4. The van der Waals surface area contributed by atoms with E-state index in [1.165, 1.54) is 5.56 Å².